The maximum Gasteiger partial charge on any atom is 0.195 e. The van der Waals surface area contributed by atoms with Gasteiger partial charge in [-0.2, -0.15) is 5.26 Å². The molecular formula is C44H29N3Si. The molecule has 0 N–H and O–H groups in total. The smallest absolute Gasteiger partial charge is 0.195 e. The first-order valence-corrected chi connectivity index (χ1v) is 18.0. The van der Waals surface area contributed by atoms with Crippen LogP contribution >= 0.6 is 0 Å². The second-order valence-electron chi connectivity index (χ2n) is 11.8. The Balaban J connectivity index is 1.45. The number of nitriles is 1. The lowest BCUT2D eigenvalue weighted by Crippen LogP contribution is -2.74. The molecule has 0 saturated carbocycles. The van der Waals surface area contributed by atoms with Crippen LogP contribution < -0.4 is 20.7 Å². The molecule has 1 heterocycles. The van der Waals surface area contributed by atoms with Crippen molar-refractivity contribution < 1.29 is 0 Å². The number of aromatic nitrogens is 1. The van der Waals surface area contributed by atoms with Gasteiger partial charge >= 0.3 is 0 Å². The van der Waals surface area contributed by atoms with E-state index in [2.05, 4.69) is 137 Å². The third kappa shape index (κ3) is 4.40. The highest BCUT2D eigenvalue weighted by Crippen LogP contribution is 2.38. The molecule has 48 heavy (non-hydrogen) atoms. The normalized spacial score (nSPS) is 11.3. The van der Waals surface area contributed by atoms with E-state index in [9.17, 15) is 5.26 Å². The molecule has 0 bridgehead atoms. The van der Waals surface area contributed by atoms with Gasteiger partial charge in [-0.1, -0.05) is 158 Å². The Morgan fingerprint density at radius 3 is 1.46 bits per heavy atom. The fourth-order valence-electron chi connectivity index (χ4n) is 7.47. The van der Waals surface area contributed by atoms with E-state index < -0.39 is 8.07 Å². The molecule has 0 aliphatic rings. The van der Waals surface area contributed by atoms with Crippen molar-refractivity contribution in [3.05, 3.63) is 193 Å². The fourth-order valence-corrected chi connectivity index (χ4v) is 12.4. The highest BCUT2D eigenvalue weighted by molar-refractivity contribution is 7.20. The van der Waals surface area contributed by atoms with Crippen molar-refractivity contribution in [2.24, 2.45) is 0 Å². The first-order valence-electron chi connectivity index (χ1n) is 16.0. The molecular weight excluding hydrogens is 599 g/mol. The molecule has 0 aliphatic heterocycles. The van der Waals surface area contributed by atoms with Crippen LogP contribution in [0.25, 0.3) is 43.5 Å². The third-order valence-electron chi connectivity index (χ3n) is 9.44. The fraction of sp³-hybridized carbons (Fsp3) is 0. The van der Waals surface area contributed by atoms with Gasteiger partial charge in [0, 0.05) is 10.8 Å². The molecule has 8 aromatic rings. The number of rotatable bonds is 6. The Hall–Kier alpha value is -6.46. The van der Waals surface area contributed by atoms with Crippen LogP contribution in [0.15, 0.2) is 176 Å². The third-order valence-corrected chi connectivity index (χ3v) is 14.2. The Morgan fingerprint density at radius 1 is 0.500 bits per heavy atom. The standard InChI is InChI=1S/C44H29N3Si/c1-46-44-38(35-25-15-29-42(39(35)31-45)47-40-27-13-11-23-36(40)37-24-12-14-28-41(37)47)26-16-30-43(44)48(32-17-5-2-6-18-32,33-19-7-3-8-20-33)34-21-9-4-10-22-34/h2-30H. The predicted octanol–water partition coefficient (Wildman–Crippen LogP) is 8.25. The summed E-state index contributed by atoms with van der Waals surface area (Å²) in [6, 6.07) is 63.3. The van der Waals surface area contributed by atoms with Crippen molar-refractivity contribution in [1.82, 2.24) is 4.57 Å². The zero-order valence-electron chi connectivity index (χ0n) is 26.1. The Bertz CT molecular complexity index is 2370. The summed E-state index contributed by atoms with van der Waals surface area (Å²) in [4.78, 5) is 4.33. The molecule has 4 heteroatoms. The Morgan fingerprint density at radius 2 is 0.958 bits per heavy atom. The monoisotopic (exact) mass is 627 g/mol. The largest absolute Gasteiger partial charge is 0.308 e. The minimum atomic E-state index is -3.00. The van der Waals surface area contributed by atoms with Gasteiger partial charge in [0.2, 0.25) is 0 Å². The van der Waals surface area contributed by atoms with Gasteiger partial charge in [-0.05, 0) is 50.1 Å². The molecule has 0 fully saturated rings. The summed E-state index contributed by atoms with van der Waals surface area (Å²) in [6.07, 6.45) is 0. The zero-order valence-corrected chi connectivity index (χ0v) is 27.1. The van der Waals surface area contributed by atoms with Crippen molar-refractivity contribution in [3.63, 3.8) is 0 Å². The summed E-state index contributed by atoms with van der Waals surface area (Å²) < 4.78 is 2.19. The van der Waals surface area contributed by atoms with Crippen molar-refractivity contribution in [2.75, 3.05) is 0 Å². The number of benzene rings is 7. The number of nitrogens with zero attached hydrogens (tertiary/aromatic N) is 3. The Kier molecular flexibility index (Phi) is 7.27. The van der Waals surface area contributed by atoms with E-state index in [4.69, 9.17) is 6.57 Å². The Labute approximate surface area is 281 Å². The lowest BCUT2D eigenvalue weighted by molar-refractivity contribution is 1.17. The lowest BCUT2D eigenvalue weighted by atomic mass is 9.97. The number of fused-ring (bicyclic) bond motifs is 3. The molecule has 3 nitrogen and oxygen atoms in total. The minimum absolute atomic E-state index is 0.539. The quantitative estimate of drug-likeness (QED) is 0.104. The summed E-state index contributed by atoms with van der Waals surface area (Å²) in [5.41, 5.74) is 5.51. The van der Waals surface area contributed by atoms with Crippen LogP contribution in [0, 0.1) is 17.9 Å². The highest BCUT2D eigenvalue weighted by atomic mass is 28.3. The summed E-state index contributed by atoms with van der Waals surface area (Å²) in [6.45, 7) is 8.74. The molecule has 0 unspecified atom stereocenters. The van der Waals surface area contributed by atoms with Crippen molar-refractivity contribution >= 4 is 56.3 Å². The van der Waals surface area contributed by atoms with E-state index in [1.54, 1.807) is 0 Å². The summed E-state index contributed by atoms with van der Waals surface area (Å²) >= 11 is 0. The van der Waals surface area contributed by atoms with Gasteiger partial charge in [-0.25, -0.2) is 4.85 Å². The molecule has 8 rings (SSSR count). The van der Waals surface area contributed by atoms with E-state index >= 15 is 0 Å². The molecule has 0 radical (unpaired) electrons. The van der Waals surface area contributed by atoms with Crippen LogP contribution in [0.1, 0.15) is 5.56 Å². The molecule has 0 amide bonds. The van der Waals surface area contributed by atoms with Gasteiger partial charge in [0.25, 0.3) is 0 Å². The second-order valence-corrected chi connectivity index (χ2v) is 15.6. The SMILES string of the molecule is [C-]#[N+]c1c(-c2cccc(-n3c4ccccc4c4ccccc43)c2C#N)cccc1[Si](c1ccccc1)(c1ccccc1)c1ccccc1. The molecule has 0 atom stereocenters. The van der Waals surface area contributed by atoms with Gasteiger partial charge < -0.3 is 4.57 Å². The van der Waals surface area contributed by atoms with Crippen LogP contribution in [-0.2, 0) is 0 Å². The summed E-state index contributed by atoms with van der Waals surface area (Å²) in [5, 5.41) is 17.8. The maximum absolute atomic E-state index is 10.9. The second kappa shape index (κ2) is 12.0. The first-order chi connectivity index (χ1) is 23.8. The molecule has 224 valence electrons. The van der Waals surface area contributed by atoms with Crippen LogP contribution in [0.4, 0.5) is 5.69 Å². The van der Waals surface area contributed by atoms with Crippen LogP contribution in [0.2, 0.25) is 0 Å². The number of para-hydroxylation sites is 3. The summed E-state index contributed by atoms with van der Waals surface area (Å²) in [7, 11) is -3.00. The summed E-state index contributed by atoms with van der Waals surface area (Å²) in [5.74, 6) is 0. The van der Waals surface area contributed by atoms with Gasteiger partial charge in [-0.15, -0.1) is 0 Å². The molecule has 0 saturated heterocycles. The predicted molar refractivity (Wildman–Crippen MR) is 201 cm³/mol. The maximum atomic E-state index is 10.9. The average molecular weight is 628 g/mol. The highest BCUT2D eigenvalue weighted by Gasteiger charge is 2.43. The topological polar surface area (TPSA) is 33.1 Å². The zero-order chi connectivity index (χ0) is 32.5. The van der Waals surface area contributed by atoms with Crippen molar-refractivity contribution in [1.29, 1.82) is 5.26 Å². The van der Waals surface area contributed by atoms with Crippen LogP contribution in [0.3, 0.4) is 0 Å². The van der Waals surface area contributed by atoms with E-state index in [-0.39, 0.29) is 0 Å². The van der Waals surface area contributed by atoms with Gasteiger partial charge in [0.1, 0.15) is 6.07 Å². The van der Waals surface area contributed by atoms with E-state index in [0.717, 1.165) is 43.8 Å². The molecule has 0 aliphatic carbocycles. The molecule has 7 aromatic carbocycles. The average Bonchev–Trinajstić information content (AvgIpc) is 3.50. The van der Waals surface area contributed by atoms with Gasteiger partial charge in [-0.3, -0.25) is 0 Å². The van der Waals surface area contributed by atoms with E-state index in [1.165, 1.54) is 15.6 Å². The van der Waals surface area contributed by atoms with Crippen LogP contribution in [-0.4, -0.2) is 12.6 Å². The number of hydrogen-bond donors (Lipinski definition) is 0. The number of hydrogen-bond acceptors (Lipinski definition) is 1. The lowest BCUT2D eigenvalue weighted by Gasteiger charge is -2.35. The van der Waals surface area contributed by atoms with Gasteiger partial charge in [0.05, 0.1) is 28.9 Å². The first kappa shape index (κ1) is 29.0. The van der Waals surface area contributed by atoms with Crippen molar-refractivity contribution in [2.45, 2.75) is 0 Å². The van der Waals surface area contributed by atoms with E-state index in [0.29, 0.717) is 11.3 Å². The van der Waals surface area contributed by atoms with Gasteiger partial charge in [0.15, 0.2) is 13.8 Å². The van der Waals surface area contributed by atoms with Crippen molar-refractivity contribution in [3.8, 4) is 22.9 Å². The minimum Gasteiger partial charge on any atom is -0.308 e. The van der Waals surface area contributed by atoms with E-state index in [1.807, 2.05) is 54.6 Å². The molecule has 0 spiro atoms. The van der Waals surface area contributed by atoms with Crippen LogP contribution in [0.5, 0.6) is 0 Å². The molecule has 1 aromatic heterocycles.